The molecule has 2 aromatic rings. The van der Waals surface area contributed by atoms with Crippen LogP contribution in [0.3, 0.4) is 0 Å². The van der Waals surface area contributed by atoms with E-state index in [1.807, 2.05) is 6.92 Å². The minimum atomic E-state index is -3.54. The molecule has 1 aliphatic rings. The molecule has 2 aromatic carbocycles. The quantitative estimate of drug-likeness (QED) is 0.712. The van der Waals surface area contributed by atoms with Crippen molar-refractivity contribution in [1.82, 2.24) is 9.62 Å². The van der Waals surface area contributed by atoms with Gasteiger partial charge in [0.2, 0.25) is 10.0 Å². The molecule has 156 valence electrons. The van der Waals surface area contributed by atoms with Gasteiger partial charge in [0.05, 0.1) is 11.5 Å². The highest BCUT2D eigenvalue weighted by atomic mass is 32.2. The first-order valence-electron chi connectivity index (χ1n) is 9.69. The van der Waals surface area contributed by atoms with E-state index in [0.29, 0.717) is 38.3 Å². The molecular weight excluding hydrogens is 392 g/mol. The fourth-order valence-corrected chi connectivity index (χ4v) is 4.50. The van der Waals surface area contributed by atoms with Crippen LogP contribution in [0.1, 0.15) is 19.8 Å². The van der Waals surface area contributed by atoms with Crippen molar-refractivity contribution in [1.29, 1.82) is 0 Å². The van der Waals surface area contributed by atoms with Crippen LogP contribution < -0.4 is 14.2 Å². The summed E-state index contributed by atoms with van der Waals surface area (Å²) in [5.74, 6) is 1.25. The molecule has 0 radical (unpaired) electrons. The zero-order valence-electron chi connectivity index (χ0n) is 16.4. The minimum Gasteiger partial charge on any atom is -0.494 e. The summed E-state index contributed by atoms with van der Waals surface area (Å²) in [7, 11) is -3.54. The molecule has 0 spiro atoms. The Bertz CT molecular complexity index is 892. The highest BCUT2D eigenvalue weighted by Crippen LogP contribution is 2.18. The predicted molar refractivity (Wildman–Crippen MR) is 109 cm³/mol. The van der Waals surface area contributed by atoms with Gasteiger partial charge in [0.1, 0.15) is 11.5 Å². The number of benzene rings is 2. The summed E-state index contributed by atoms with van der Waals surface area (Å²) in [6, 6.07) is 15.3. The Kier molecular flexibility index (Phi) is 7.11. The van der Waals surface area contributed by atoms with Gasteiger partial charge in [0.15, 0.2) is 6.61 Å². The van der Waals surface area contributed by atoms with Crippen LogP contribution in [0.15, 0.2) is 59.5 Å². The predicted octanol–water partition coefficient (Wildman–Crippen LogP) is 2.43. The molecule has 3 rings (SSSR count). The third-order valence-electron chi connectivity index (χ3n) is 4.72. The van der Waals surface area contributed by atoms with E-state index >= 15 is 0 Å². The molecule has 1 fully saturated rings. The Morgan fingerprint density at radius 1 is 1.00 bits per heavy atom. The van der Waals surface area contributed by atoms with Gasteiger partial charge in [-0.1, -0.05) is 18.2 Å². The lowest BCUT2D eigenvalue weighted by Gasteiger charge is -2.32. The van der Waals surface area contributed by atoms with Crippen LogP contribution in [0.2, 0.25) is 0 Å². The molecule has 7 nitrogen and oxygen atoms in total. The van der Waals surface area contributed by atoms with E-state index in [0.717, 1.165) is 5.75 Å². The molecule has 8 heteroatoms. The number of hydrogen-bond donors (Lipinski definition) is 1. The van der Waals surface area contributed by atoms with Gasteiger partial charge in [-0.2, -0.15) is 0 Å². The number of amides is 1. The summed E-state index contributed by atoms with van der Waals surface area (Å²) in [6.07, 6.45) is 1.14. The van der Waals surface area contributed by atoms with Crippen LogP contribution in [-0.4, -0.2) is 51.6 Å². The highest BCUT2D eigenvalue weighted by molar-refractivity contribution is 7.89. The SMILES string of the molecule is CCOc1ccc(OCC(=O)N2CCC(NS(=O)(=O)c3ccccc3)CC2)cc1. The fraction of sp³-hybridized carbons (Fsp3) is 0.381. The molecule has 0 aliphatic carbocycles. The van der Waals surface area contributed by atoms with Crippen molar-refractivity contribution in [2.24, 2.45) is 0 Å². The number of rotatable bonds is 8. The number of piperidine rings is 1. The number of sulfonamides is 1. The van der Waals surface area contributed by atoms with Gasteiger partial charge < -0.3 is 14.4 Å². The number of nitrogens with zero attached hydrogens (tertiary/aromatic N) is 1. The van der Waals surface area contributed by atoms with Crippen LogP contribution in [0.5, 0.6) is 11.5 Å². The molecule has 0 atom stereocenters. The lowest BCUT2D eigenvalue weighted by atomic mass is 10.1. The fourth-order valence-electron chi connectivity index (χ4n) is 3.17. The maximum Gasteiger partial charge on any atom is 0.260 e. The normalized spacial score (nSPS) is 15.1. The average Bonchev–Trinajstić information content (AvgIpc) is 2.74. The smallest absolute Gasteiger partial charge is 0.260 e. The van der Waals surface area contributed by atoms with Crippen molar-refractivity contribution in [3.8, 4) is 11.5 Å². The summed E-state index contributed by atoms with van der Waals surface area (Å²) in [4.78, 5) is 14.4. The van der Waals surface area contributed by atoms with Crippen molar-refractivity contribution in [3.63, 3.8) is 0 Å². The largest absolute Gasteiger partial charge is 0.494 e. The van der Waals surface area contributed by atoms with Crippen LogP contribution in [-0.2, 0) is 14.8 Å². The third kappa shape index (κ3) is 5.95. The highest BCUT2D eigenvalue weighted by Gasteiger charge is 2.26. The van der Waals surface area contributed by atoms with Gasteiger partial charge in [-0.15, -0.1) is 0 Å². The first kappa shape index (κ1) is 21.1. The topological polar surface area (TPSA) is 84.9 Å². The number of nitrogens with one attached hydrogen (secondary N) is 1. The van der Waals surface area contributed by atoms with Crippen LogP contribution >= 0.6 is 0 Å². The average molecular weight is 419 g/mol. The number of carbonyl (C=O) groups excluding carboxylic acids is 1. The van der Waals surface area contributed by atoms with Gasteiger partial charge in [-0.25, -0.2) is 13.1 Å². The Morgan fingerprint density at radius 2 is 1.59 bits per heavy atom. The molecular formula is C21H26N2O5S. The Labute approximate surface area is 171 Å². The molecule has 1 heterocycles. The Balaban J connectivity index is 1.44. The van der Waals surface area contributed by atoms with Crippen molar-refractivity contribution in [2.75, 3.05) is 26.3 Å². The molecule has 0 aromatic heterocycles. The zero-order chi connectivity index (χ0) is 20.7. The maximum absolute atomic E-state index is 12.4. The lowest BCUT2D eigenvalue weighted by molar-refractivity contribution is -0.134. The molecule has 0 saturated carbocycles. The van der Waals surface area contributed by atoms with Gasteiger partial charge in [-0.3, -0.25) is 4.79 Å². The summed E-state index contributed by atoms with van der Waals surface area (Å²) >= 11 is 0. The number of hydrogen-bond acceptors (Lipinski definition) is 5. The van der Waals surface area contributed by atoms with Crippen LogP contribution in [0.4, 0.5) is 0 Å². The third-order valence-corrected chi connectivity index (χ3v) is 6.26. The molecule has 0 bridgehead atoms. The van der Waals surface area contributed by atoms with Gasteiger partial charge in [-0.05, 0) is 56.2 Å². The Hall–Kier alpha value is -2.58. The number of likely N-dealkylation sites (tertiary alicyclic amines) is 1. The van der Waals surface area contributed by atoms with E-state index in [-0.39, 0.29) is 23.5 Å². The van der Waals surface area contributed by atoms with Gasteiger partial charge in [0.25, 0.3) is 5.91 Å². The van der Waals surface area contributed by atoms with Crippen LogP contribution in [0.25, 0.3) is 0 Å². The Morgan fingerprint density at radius 3 is 2.17 bits per heavy atom. The van der Waals surface area contributed by atoms with E-state index in [1.165, 1.54) is 0 Å². The first-order chi connectivity index (χ1) is 14.0. The molecule has 1 amide bonds. The first-order valence-corrected chi connectivity index (χ1v) is 11.2. The summed E-state index contributed by atoms with van der Waals surface area (Å²) in [6.45, 7) is 3.45. The molecule has 0 unspecified atom stereocenters. The lowest BCUT2D eigenvalue weighted by Crippen LogP contribution is -2.47. The standard InChI is InChI=1S/C21H26N2O5S/c1-2-27-18-8-10-19(11-9-18)28-16-21(24)23-14-12-17(13-15-23)22-29(25,26)20-6-4-3-5-7-20/h3-11,17,22H,2,12-16H2,1H3. The monoisotopic (exact) mass is 418 g/mol. The molecule has 1 N–H and O–H groups in total. The number of carbonyl (C=O) groups is 1. The van der Waals surface area contributed by atoms with Crippen molar-refractivity contribution in [3.05, 3.63) is 54.6 Å². The molecule has 1 saturated heterocycles. The van der Waals surface area contributed by atoms with E-state index in [2.05, 4.69) is 4.72 Å². The number of ether oxygens (including phenoxy) is 2. The van der Waals surface area contributed by atoms with Gasteiger partial charge in [0, 0.05) is 19.1 Å². The summed E-state index contributed by atoms with van der Waals surface area (Å²) < 4.78 is 38.5. The second-order valence-corrected chi connectivity index (χ2v) is 8.50. The molecule has 29 heavy (non-hydrogen) atoms. The molecule has 1 aliphatic heterocycles. The zero-order valence-corrected chi connectivity index (χ0v) is 17.2. The maximum atomic E-state index is 12.4. The summed E-state index contributed by atoms with van der Waals surface area (Å²) in [5.41, 5.74) is 0. The second kappa shape index (κ2) is 9.76. The van der Waals surface area contributed by atoms with E-state index in [9.17, 15) is 13.2 Å². The minimum absolute atomic E-state index is 0.0472. The van der Waals surface area contributed by atoms with Crippen molar-refractivity contribution in [2.45, 2.75) is 30.7 Å². The van der Waals surface area contributed by atoms with Gasteiger partial charge >= 0.3 is 0 Å². The van der Waals surface area contributed by atoms with Crippen LogP contribution in [0, 0.1) is 0 Å². The van der Waals surface area contributed by atoms with Crippen molar-refractivity contribution >= 4 is 15.9 Å². The summed E-state index contributed by atoms with van der Waals surface area (Å²) in [5, 5.41) is 0. The van der Waals surface area contributed by atoms with E-state index in [4.69, 9.17) is 9.47 Å². The second-order valence-electron chi connectivity index (χ2n) is 6.78. The van der Waals surface area contributed by atoms with E-state index in [1.54, 1.807) is 59.5 Å². The van der Waals surface area contributed by atoms with Crippen molar-refractivity contribution < 1.29 is 22.7 Å². The van der Waals surface area contributed by atoms with E-state index < -0.39 is 10.0 Å².